The number of hydrogen-bond donors (Lipinski definition) is 0. The van der Waals surface area contributed by atoms with Gasteiger partial charge in [0.2, 0.25) is 0 Å². The second-order valence-electron chi connectivity index (χ2n) is 6.14. The van der Waals surface area contributed by atoms with Crippen LogP contribution in [-0.2, 0) is 0 Å². The summed E-state index contributed by atoms with van der Waals surface area (Å²) in [5, 5.41) is 10.5. The van der Waals surface area contributed by atoms with E-state index in [9.17, 15) is 9.90 Å². The van der Waals surface area contributed by atoms with Crippen LogP contribution >= 0.6 is 0 Å². The Morgan fingerprint density at radius 1 is 0.917 bits per heavy atom. The van der Waals surface area contributed by atoms with E-state index in [1.54, 1.807) is 0 Å². The molecule has 0 bridgehead atoms. The molecule has 1 rings (SSSR count). The first-order chi connectivity index (χ1) is 11.2. The number of unbranched alkanes of at least 4 members (excludes halogenated alkanes) is 11. The maximum absolute atomic E-state index is 10.5. The molecule has 1 heterocycles. The Hall–Kier alpha value is -0.450. The average Bonchev–Trinajstić information content (AvgIpc) is 3.01. The third-order valence-electron chi connectivity index (χ3n) is 4.02. The molecule has 0 fully saturated rings. The zero-order valence-electron chi connectivity index (χ0n) is 15.5. The van der Waals surface area contributed by atoms with E-state index in [0.29, 0.717) is 6.61 Å². The number of carbonyl (C=O) groups is 1. The molecule has 0 saturated heterocycles. The number of ether oxygens (including phenoxy) is 1. The van der Waals surface area contributed by atoms with Crippen LogP contribution in [0.2, 0.25) is 0 Å². The van der Waals surface area contributed by atoms with Gasteiger partial charge in [0.05, 0.1) is 6.61 Å². The van der Waals surface area contributed by atoms with Crippen LogP contribution in [-0.4, -0.2) is 12.6 Å². The Bertz CT molecular complexity index is 417. The van der Waals surface area contributed by atoms with Gasteiger partial charge in [-0.3, -0.25) is 0 Å². The molecular formula is C19H31NaO4. The van der Waals surface area contributed by atoms with Crippen LogP contribution < -0.4 is 39.4 Å². The fourth-order valence-corrected chi connectivity index (χ4v) is 2.62. The molecule has 1 aromatic heterocycles. The maximum atomic E-state index is 10.5. The fraction of sp³-hybridized carbons (Fsp3) is 0.737. The molecular weight excluding hydrogens is 315 g/mol. The van der Waals surface area contributed by atoms with Crippen molar-refractivity contribution in [2.24, 2.45) is 0 Å². The molecule has 0 atom stereocenters. The zero-order valence-corrected chi connectivity index (χ0v) is 17.5. The third kappa shape index (κ3) is 12.0. The van der Waals surface area contributed by atoms with E-state index in [1.165, 1.54) is 76.3 Å². The zero-order chi connectivity index (χ0) is 16.8. The molecule has 132 valence electrons. The van der Waals surface area contributed by atoms with Gasteiger partial charge in [0.25, 0.3) is 5.95 Å². The first-order valence-corrected chi connectivity index (χ1v) is 9.18. The summed E-state index contributed by atoms with van der Waals surface area (Å²) in [7, 11) is 0. The van der Waals surface area contributed by atoms with Gasteiger partial charge in [-0.05, 0) is 12.5 Å². The van der Waals surface area contributed by atoms with Gasteiger partial charge < -0.3 is 19.1 Å². The van der Waals surface area contributed by atoms with Crippen LogP contribution in [0.4, 0.5) is 0 Å². The summed E-state index contributed by atoms with van der Waals surface area (Å²) in [6.45, 7) is 2.82. The molecule has 0 spiro atoms. The van der Waals surface area contributed by atoms with Crippen molar-refractivity contribution in [1.29, 1.82) is 0 Å². The van der Waals surface area contributed by atoms with Crippen LogP contribution in [0.3, 0.4) is 0 Å². The minimum atomic E-state index is -1.31. The molecule has 4 nitrogen and oxygen atoms in total. The van der Waals surface area contributed by atoms with Gasteiger partial charge in [0.15, 0.2) is 5.76 Å². The second-order valence-corrected chi connectivity index (χ2v) is 6.14. The summed E-state index contributed by atoms with van der Waals surface area (Å²) in [6, 6.07) is 2.87. The Kier molecular flexibility index (Phi) is 15.7. The Morgan fingerprint density at radius 3 is 1.88 bits per heavy atom. The van der Waals surface area contributed by atoms with Crippen LogP contribution in [0.15, 0.2) is 16.5 Å². The number of hydrogen-bond acceptors (Lipinski definition) is 4. The van der Waals surface area contributed by atoms with Crippen molar-refractivity contribution in [3.63, 3.8) is 0 Å². The molecule has 0 N–H and O–H groups in total. The molecule has 1 aromatic rings. The summed E-state index contributed by atoms with van der Waals surface area (Å²) >= 11 is 0. The van der Waals surface area contributed by atoms with Crippen LogP contribution in [0.1, 0.15) is 94.5 Å². The van der Waals surface area contributed by atoms with E-state index in [2.05, 4.69) is 6.92 Å². The number of aromatic carboxylic acids is 1. The number of carboxylic acid groups (broad SMARTS) is 1. The largest absolute Gasteiger partial charge is 1.00 e. The van der Waals surface area contributed by atoms with E-state index in [0.717, 1.165) is 12.8 Å². The van der Waals surface area contributed by atoms with Crippen molar-refractivity contribution < 1.29 is 48.6 Å². The molecule has 0 aliphatic heterocycles. The third-order valence-corrected chi connectivity index (χ3v) is 4.02. The maximum Gasteiger partial charge on any atom is 1.00 e. The molecule has 0 radical (unpaired) electrons. The quantitative estimate of drug-likeness (QED) is 0.358. The van der Waals surface area contributed by atoms with Crippen molar-refractivity contribution in [2.75, 3.05) is 6.61 Å². The number of carboxylic acids is 1. The average molecular weight is 346 g/mol. The van der Waals surface area contributed by atoms with E-state index >= 15 is 0 Å². The summed E-state index contributed by atoms with van der Waals surface area (Å²) in [5.74, 6) is -1.24. The molecule has 24 heavy (non-hydrogen) atoms. The number of rotatable bonds is 15. The van der Waals surface area contributed by atoms with Gasteiger partial charge in [0.1, 0.15) is 5.97 Å². The molecule has 0 aliphatic carbocycles. The summed E-state index contributed by atoms with van der Waals surface area (Å²) in [6.07, 6.45) is 15.6. The second kappa shape index (κ2) is 16.0. The molecule has 0 saturated carbocycles. The first-order valence-electron chi connectivity index (χ1n) is 9.18. The molecule has 0 aromatic carbocycles. The first kappa shape index (κ1) is 23.5. The number of carbonyl (C=O) groups excluding carboxylic acids is 1. The topological polar surface area (TPSA) is 62.5 Å². The summed E-state index contributed by atoms with van der Waals surface area (Å²) in [5.41, 5.74) is 0. The van der Waals surface area contributed by atoms with Crippen LogP contribution in [0.25, 0.3) is 0 Å². The van der Waals surface area contributed by atoms with E-state index in [1.807, 2.05) is 0 Å². The van der Waals surface area contributed by atoms with Crippen LogP contribution in [0.5, 0.6) is 5.95 Å². The van der Waals surface area contributed by atoms with E-state index in [4.69, 9.17) is 9.15 Å². The SMILES string of the molecule is CCCCCCCCCCCCCCOc1ccc(C(=O)[O-])o1.[Na+]. The van der Waals surface area contributed by atoms with Gasteiger partial charge in [0, 0.05) is 6.07 Å². The van der Waals surface area contributed by atoms with Crippen LogP contribution in [0, 0.1) is 0 Å². The number of furan rings is 1. The predicted octanol–water partition coefficient (Wildman–Crippen LogP) is 1.73. The predicted molar refractivity (Wildman–Crippen MR) is 89.6 cm³/mol. The summed E-state index contributed by atoms with van der Waals surface area (Å²) in [4.78, 5) is 10.5. The van der Waals surface area contributed by atoms with Gasteiger partial charge in [-0.2, -0.15) is 0 Å². The van der Waals surface area contributed by atoms with Crippen molar-refractivity contribution in [3.05, 3.63) is 17.9 Å². The fourth-order valence-electron chi connectivity index (χ4n) is 2.62. The minimum Gasteiger partial charge on any atom is -0.542 e. The van der Waals surface area contributed by atoms with Crippen molar-refractivity contribution in [1.82, 2.24) is 0 Å². The Balaban J connectivity index is 0.00000529. The Labute approximate surface area is 168 Å². The standard InChI is InChI=1S/C19H32O4.Na/c1-2-3-4-5-6-7-8-9-10-11-12-13-16-22-18-15-14-17(23-18)19(20)21;/h14-15H,2-13,16H2,1H3,(H,20,21);/q;+1/p-1. The molecule has 0 aliphatic rings. The molecule has 5 heteroatoms. The molecule has 0 unspecified atom stereocenters. The summed E-state index contributed by atoms with van der Waals surface area (Å²) < 4.78 is 10.3. The Morgan fingerprint density at radius 2 is 1.42 bits per heavy atom. The van der Waals surface area contributed by atoms with E-state index < -0.39 is 5.97 Å². The van der Waals surface area contributed by atoms with Gasteiger partial charge in [-0.25, -0.2) is 0 Å². The smallest absolute Gasteiger partial charge is 0.542 e. The van der Waals surface area contributed by atoms with Crippen molar-refractivity contribution in [2.45, 2.75) is 84.0 Å². The minimum absolute atomic E-state index is 0. The van der Waals surface area contributed by atoms with Gasteiger partial charge in [-0.15, -0.1) is 0 Å². The van der Waals surface area contributed by atoms with Crippen molar-refractivity contribution in [3.8, 4) is 5.95 Å². The molecule has 0 amide bonds. The van der Waals surface area contributed by atoms with Gasteiger partial charge in [-0.1, -0.05) is 77.6 Å². The monoisotopic (exact) mass is 346 g/mol. The van der Waals surface area contributed by atoms with Crippen molar-refractivity contribution >= 4 is 5.97 Å². The van der Waals surface area contributed by atoms with Gasteiger partial charge >= 0.3 is 29.6 Å². The van der Waals surface area contributed by atoms with E-state index in [-0.39, 0.29) is 41.3 Å². The normalized spacial score (nSPS) is 10.4.